The lowest BCUT2D eigenvalue weighted by Crippen LogP contribution is -2.21. The van der Waals surface area contributed by atoms with Crippen molar-refractivity contribution >= 4 is 11.6 Å². The minimum atomic E-state index is 0.306. The van der Waals surface area contributed by atoms with E-state index < -0.39 is 0 Å². The minimum absolute atomic E-state index is 0.306. The van der Waals surface area contributed by atoms with E-state index in [-0.39, 0.29) is 0 Å². The summed E-state index contributed by atoms with van der Waals surface area (Å²) >= 11 is 6.05. The monoisotopic (exact) mass is 274 g/mol. The maximum atomic E-state index is 6.05. The molecule has 3 heteroatoms. The van der Waals surface area contributed by atoms with Gasteiger partial charge in [-0.05, 0) is 42.7 Å². The fourth-order valence-corrected chi connectivity index (χ4v) is 2.34. The molecule has 0 fully saturated rings. The number of nitrogens with zero attached hydrogens (tertiary/aromatic N) is 1. The molecule has 0 radical (unpaired) electrons. The van der Waals surface area contributed by atoms with Crippen LogP contribution in [0.3, 0.4) is 0 Å². The van der Waals surface area contributed by atoms with Gasteiger partial charge >= 0.3 is 0 Å². The average molecular weight is 275 g/mol. The molecule has 1 N–H and O–H groups in total. The highest BCUT2D eigenvalue weighted by Gasteiger charge is 2.10. The first-order valence-electron chi connectivity index (χ1n) is 6.60. The highest BCUT2D eigenvalue weighted by Crippen LogP contribution is 2.20. The topological polar surface area (TPSA) is 24.9 Å². The molecule has 1 atom stereocenters. The molecule has 0 saturated heterocycles. The van der Waals surface area contributed by atoms with Crippen molar-refractivity contribution in [3.63, 3.8) is 0 Å². The van der Waals surface area contributed by atoms with Crippen molar-refractivity contribution in [2.75, 3.05) is 0 Å². The van der Waals surface area contributed by atoms with Gasteiger partial charge in [-0.25, -0.2) is 0 Å². The van der Waals surface area contributed by atoms with Crippen LogP contribution in [-0.2, 0) is 6.54 Å². The van der Waals surface area contributed by atoms with Gasteiger partial charge in [0, 0.05) is 23.8 Å². The van der Waals surface area contributed by atoms with Gasteiger partial charge in [0.05, 0.1) is 5.69 Å². The molecule has 0 aliphatic heterocycles. The molecule has 2 aromatic rings. The molecule has 1 heterocycles. The molecule has 1 aromatic heterocycles. The minimum Gasteiger partial charge on any atom is -0.304 e. The van der Waals surface area contributed by atoms with Crippen LogP contribution in [0.2, 0.25) is 5.02 Å². The summed E-state index contributed by atoms with van der Waals surface area (Å²) in [4.78, 5) is 4.41. The summed E-state index contributed by atoms with van der Waals surface area (Å²) in [5, 5.41) is 4.33. The predicted molar refractivity (Wildman–Crippen MR) is 80.3 cm³/mol. The van der Waals surface area contributed by atoms with E-state index >= 15 is 0 Å². The lowest BCUT2D eigenvalue weighted by atomic mass is 10.0. The van der Waals surface area contributed by atoms with Crippen LogP contribution >= 0.6 is 11.6 Å². The van der Waals surface area contributed by atoms with E-state index in [1.807, 2.05) is 30.5 Å². The summed E-state index contributed by atoms with van der Waals surface area (Å²) in [6.45, 7) is 5.03. The normalized spacial score (nSPS) is 12.4. The third kappa shape index (κ3) is 3.79. The number of nitrogens with one attached hydrogen (secondary N) is 1. The SMILES string of the molecule is CCC(NCc1ncccc1C)c1cccc(Cl)c1. The van der Waals surface area contributed by atoms with E-state index in [2.05, 4.69) is 36.3 Å². The zero-order chi connectivity index (χ0) is 13.7. The Labute approximate surface area is 119 Å². The Bertz CT molecular complexity index is 540. The van der Waals surface area contributed by atoms with Crippen LogP contribution in [0.4, 0.5) is 0 Å². The van der Waals surface area contributed by atoms with Gasteiger partial charge in [-0.15, -0.1) is 0 Å². The Morgan fingerprint density at radius 3 is 2.79 bits per heavy atom. The Morgan fingerprint density at radius 1 is 1.26 bits per heavy atom. The fourth-order valence-electron chi connectivity index (χ4n) is 2.14. The second-order valence-electron chi connectivity index (χ2n) is 4.66. The van der Waals surface area contributed by atoms with Gasteiger partial charge < -0.3 is 5.32 Å². The average Bonchev–Trinajstić information content (AvgIpc) is 2.41. The van der Waals surface area contributed by atoms with Gasteiger partial charge in [-0.2, -0.15) is 0 Å². The van der Waals surface area contributed by atoms with Crippen LogP contribution in [0.25, 0.3) is 0 Å². The number of pyridine rings is 1. The Hall–Kier alpha value is -1.38. The van der Waals surface area contributed by atoms with Crippen molar-refractivity contribution < 1.29 is 0 Å². The van der Waals surface area contributed by atoms with Crippen molar-refractivity contribution in [1.29, 1.82) is 0 Å². The highest BCUT2D eigenvalue weighted by atomic mass is 35.5. The number of hydrogen-bond acceptors (Lipinski definition) is 2. The quantitative estimate of drug-likeness (QED) is 0.880. The van der Waals surface area contributed by atoms with Crippen molar-refractivity contribution in [3.8, 4) is 0 Å². The third-order valence-corrected chi connectivity index (χ3v) is 3.53. The van der Waals surface area contributed by atoms with Gasteiger partial charge in [0.1, 0.15) is 0 Å². The van der Waals surface area contributed by atoms with Crippen molar-refractivity contribution in [1.82, 2.24) is 10.3 Å². The van der Waals surface area contributed by atoms with Crippen molar-refractivity contribution in [3.05, 3.63) is 64.4 Å². The van der Waals surface area contributed by atoms with E-state index in [4.69, 9.17) is 11.6 Å². The molecule has 2 nitrogen and oxygen atoms in total. The molecule has 0 spiro atoms. The smallest absolute Gasteiger partial charge is 0.0570 e. The molecule has 0 aliphatic carbocycles. The number of hydrogen-bond donors (Lipinski definition) is 1. The third-order valence-electron chi connectivity index (χ3n) is 3.29. The number of rotatable bonds is 5. The molecular weight excluding hydrogens is 256 g/mol. The summed E-state index contributed by atoms with van der Waals surface area (Å²) in [6.07, 6.45) is 2.86. The zero-order valence-electron chi connectivity index (χ0n) is 11.4. The van der Waals surface area contributed by atoms with Crippen LogP contribution in [-0.4, -0.2) is 4.98 Å². The highest BCUT2D eigenvalue weighted by molar-refractivity contribution is 6.30. The molecule has 0 aliphatic rings. The van der Waals surface area contributed by atoms with E-state index in [1.54, 1.807) is 0 Å². The second-order valence-corrected chi connectivity index (χ2v) is 5.10. The summed E-state index contributed by atoms with van der Waals surface area (Å²) < 4.78 is 0. The Kier molecular flexibility index (Phi) is 4.94. The Morgan fingerprint density at radius 2 is 2.11 bits per heavy atom. The van der Waals surface area contributed by atoms with Crippen LogP contribution < -0.4 is 5.32 Å². The maximum absolute atomic E-state index is 6.05. The van der Waals surface area contributed by atoms with E-state index in [1.165, 1.54) is 11.1 Å². The van der Waals surface area contributed by atoms with Crippen molar-refractivity contribution in [2.24, 2.45) is 0 Å². The molecule has 100 valence electrons. The first kappa shape index (κ1) is 14.0. The van der Waals surface area contributed by atoms with E-state index in [9.17, 15) is 0 Å². The van der Waals surface area contributed by atoms with Gasteiger partial charge in [0.25, 0.3) is 0 Å². The largest absolute Gasteiger partial charge is 0.304 e. The molecule has 0 amide bonds. The number of halogens is 1. The van der Waals surface area contributed by atoms with Gasteiger partial charge in [0.2, 0.25) is 0 Å². The molecule has 0 saturated carbocycles. The summed E-state index contributed by atoms with van der Waals surface area (Å²) in [6, 6.07) is 12.4. The van der Waals surface area contributed by atoms with Crippen LogP contribution in [0.5, 0.6) is 0 Å². The predicted octanol–water partition coefficient (Wildman–Crippen LogP) is 4.28. The van der Waals surface area contributed by atoms with Gasteiger partial charge in [0.15, 0.2) is 0 Å². The first-order valence-corrected chi connectivity index (χ1v) is 6.98. The summed E-state index contributed by atoms with van der Waals surface area (Å²) in [5.74, 6) is 0. The van der Waals surface area contributed by atoms with Crippen LogP contribution in [0.1, 0.15) is 36.2 Å². The number of aromatic nitrogens is 1. The molecule has 19 heavy (non-hydrogen) atoms. The standard InChI is InChI=1S/C16H19ClN2/c1-3-15(13-7-4-8-14(17)10-13)19-11-16-12(2)6-5-9-18-16/h4-10,15,19H,3,11H2,1-2H3. The number of benzene rings is 1. The molecule has 2 rings (SSSR count). The first-order chi connectivity index (χ1) is 9.20. The van der Waals surface area contributed by atoms with Crippen molar-refractivity contribution in [2.45, 2.75) is 32.9 Å². The molecule has 1 aromatic carbocycles. The van der Waals surface area contributed by atoms with E-state index in [0.717, 1.165) is 23.7 Å². The van der Waals surface area contributed by atoms with Crippen LogP contribution in [0.15, 0.2) is 42.6 Å². The molecular formula is C16H19ClN2. The lowest BCUT2D eigenvalue weighted by Gasteiger charge is -2.18. The number of aryl methyl sites for hydroxylation is 1. The lowest BCUT2D eigenvalue weighted by molar-refractivity contribution is 0.513. The second kappa shape index (κ2) is 6.69. The molecule has 1 unspecified atom stereocenters. The Balaban J connectivity index is 2.06. The van der Waals surface area contributed by atoms with Gasteiger partial charge in [-0.3, -0.25) is 4.98 Å². The fraction of sp³-hybridized carbons (Fsp3) is 0.312. The summed E-state index contributed by atoms with van der Waals surface area (Å²) in [7, 11) is 0. The zero-order valence-corrected chi connectivity index (χ0v) is 12.1. The van der Waals surface area contributed by atoms with Gasteiger partial charge in [-0.1, -0.05) is 36.7 Å². The maximum Gasteiger partial charge on any atom is 0.0570 e. The molecule has 0 bridgehead atoms. The summed E-state index contributed by atoms with van der Waals surface area (Å²) in [5.41, 5.74) is 3.54. The van der Waals surface area contributed by atoms with E-state index in [0.29, 0.717) is 6.04 Å². The van der Waals surface area contributed by atoms with Crippen LogP contribution in [0, 0.1) is 6.92 Å².